The number of rotatable bonds is 5. The van der Waals surface area contributed by atoms with Crippen LogP contribution < -0.4 is 4.72 Å². The van der Waals surface area contributed by atoms with Crippen LogP contribution in [0, 0.1) is 5.92 Å². The summed E-state index contributed by atoms with van der Waals surface area (Å²) in [7, 11) is -0.631. The van der Waals surface area contributed by atoms with Crippen molar-refractivity contribution in [2.45, 2.75) is 30.8 Å². The minimum absolute atomic E-state index is 0.0549. The molecule has 1 aliphatic rings. The monoisotopic (exact) mass is 300 g/mol. The molecule has 0 radical (unpaired) electrons. The quantitative estimate of drug-likeness (QED) is 0.892. The van der Waals surface area contributed by atoms with Crippen molar-refractivity contribution < 1.29 is 17.6 Å². The molecule has 1 aromatic heterocycles. The Morgan fingerprint density at radius 1 is 1.40 bits per heavy atom. The lowest BCUT2D eigenvalue weighted by Crippen LogP contribution is -2.30. The zero-order valence-corrected chi connectivity index (χ0v) is 12.6. The third-order valence-electron chi connectivity index (χ3n) is 3.68. The molecule has 1 aliphatic carbocycles. The van der Waals surface area contributed by atoms with Gasteiger partial charge in [-0.05, 0) is 37.9 Å². The van der Waals surface area contributed by atoms with Crippen molar-refractivity contribution in [2.24, 2.45) is 5.92 Å². The molecule has 1 fully saturated rings. The van der Waals surface area contributed by atoms with Gasteiger partial charge >= 0.3 is 0 Å². The van der Waals surface area contributed by atoms with Crippen molar-refractivity contribution in [1.82, 2.24) is 9.62 Å². The van der Waals surface area contributed by atoms with Crippen molar-refractivity contribution >= 4 is 15.9 Å². The van der Waals surface area contributed by atoms with E-state index in [2.05, 4.69) is 4.72 Å². The molecule has 1 heterocycles. The average molecular weight is 300 g/mol. The van der Waals surface area contributed by atoms with Crippen LogP contribution >= 0.6 is 0 Å². The first kappa shape index (κ1) is 15.1. The molecule has 6 nitrogen and oxygen atoms in total. The number of carbonyl (C=O) groups excluding carboxylic acids is 1. The molecular formula is C13H20N2O4S. The lowest BCUT2D eigenvalue weighted by molar-refractivity contribution is 0.0736. The Balaban J connectivity index is 2.05. The van der Waals surface area contributed by atoms with Crippen molar-refractivity contribution in [3.05, 3.63) is 17.9 Å². The van der Waals surface area contributed by atoms with E-state index in [0.29, 0.717) is 12.5 Å². The number of hydrogen-bond donors (Lipinski definition) is 1. The van der Waals surface area contributed by atoms with E-state index in [-0.39, 0.29) is 16.8 Å². The molecule has 7 heteroatoms. The van der Waals surface area contributed by atoms with Crippen molar-refractivity contribution in [1.29, 1.82) is 0 Å². The molecule has 0 bridgehead atoms. The SMILES string of the molecule is CNS(=O)(=O)c1ccc(C(=O)N(C)CC2CCCC2)o1. The van der Waals surface area contributed by atoms with Crippen LogP contribution in [0.5, 0.6) is 0 Å². The van der Waals surface area contributed by atoms with Gasteiger partial charge in [0, 0.05) is 13.6 Å². The molecule has 1 N–H and O–H groups in total. The van der Waals surface area contributed by atoms with E-state index < -0.39 is 10.0 Å². The summed E-state index contributed by atoms with van der Waals surface area (Å²) in [6.07, 6.45) is 4.74. The minimum Gasteiger partial charge on any atom is -0.438 e. The Morgan fingerprint density at radius 3 is 2.65 bits per heavy atom. The highest BCUT2D eigenvalue weighted by atomic mass is 32.2. The van der Waals surface area contributed by atoms with Crippen LogP contribution in [0.3, 0.4) is 0 Å². The van der Waals surface area contributed by atoms with E-state index in [9.17, 15) is 13.2 Å². The second-order valence-electron chi connectivity index (χ2n) is 5.16. The summed E-state index contributed by atoms with van der Waals surface area (Å²) < 4.78 is 30.4. The number of sulfonamides is 1. The fraction of sp³-hybridized carbons (Fsp3) is 0.615. The largest absolute Gasteiger partial charge is 0.438 e. The van der Waals surface area contributed by atoms with Gasteiger partial charge in [-0.15, -0.1) is 0 Å². The predicted molar refractivity (Wildman–Crippen MR) is 73.9 cm³/mol. The van der Waals surface area contributed by atoms with Crippen molar-refractivity contribution in [2.75, 3.05) is 20.6 Å². The lowest BCUT2D eigenvalue weighted by atomic mass is 10.1. The van der Waals surface area contributed by atoms with Gasteiger partial charge in [0.2, 0.25) is 5.09 Å². The molecule has 1 aromatic rings. The number of furan rings is 1. The Morgan fingerprint density at radius 2 is 2.05 bits per heavy atom. The molecule has 20 heavy (non-hydrogen) atoms. The second-order valence-corrected chi connectivity index (χ2v) is 6.98. The van der Waals surface area contributed by atoms with Gasteiger partial charge in [0.05, 0.1) is 0 Å². The van der Waals surface area contributed by atoms with Gasteiger partial charge in [0.25, 0.3) is 15.9 Å². The molecule has 1 saturated carbocycles. The third-order valence-corrected chi connectivity index (χ3v) is 4.97. The van der Waals surface area contributed by atoms with Crippen LogP contribution in [0.4, 0.5) is 0 Å². The summed E-state index contributed by atoms with van der Waals surface area (Å²) in [5.74, 6) is 0.313. The molecule has 0 spiro atoms. The molecule has 0 saturated heterocycles. The highest BCUT2D eigenvalue weighted by molar-refractivity contribution is 7.89. The Labute approximate surface area is 119 Å². The number of nitrogens with zero attached hydrogens (tertiary/aromatic N) is 1. The Hall–Kier alpha value is -1.34. The van der Waals surface area contributed by atoms with Crippen LogP contribution in [0.2, 0.25) is 0 Å². The predicted octanol–water partition coefficient (Wildman–Crippen LogP) is 1.45. The molecule has 112 valence electrons. The lowest BCUT2D eigenvalue weighted by Gasteiger charge is -2.19. The Kier molecular flexibility index (Phi) is 4.49. The van der Waals surface area contributed by atoms with Crippen LogP contribution in [-0.2, 0) is 10.0 Å². The summed E-state index contributed by atoms with van der Waals surface area (Å²) in [6.45, 7) is 0.688. The fourth-order valence-corrected chi connectivity index (χ4v) is 3.18. The molecule has 0 aromatic carbocycles. The molecule has 2 rings (SSSR count). The molecule has 0 atom stereocenters. The zero-order valence-electron chi connectivity index (χ0n) is 11.8. The van der Waals surface area contributed by atoms with E-state index in [1.165, 1.54) is 32.0 Å². The first-order valence-electron chi connectivity index (χ1n) is 6.73. The first-order valence-corrected chi connectivity index (χ1v) is 8.21. The smallest absolute Gasteiger partial charge is 0.289 e. The summed E-state index contributed by atoms with van der Waals surface area (Å²) in [6, 6.07) is 2.69. The van der Waals surface area contributed by atoms with Crippen LogP contribution in [-0.4, -0.2) is 39.9 Å². The van der Waals surface area contributed by atoms with Gasteiger partial charge in [0.1, 0.15) is 0 Å². The summed E-state index contributed by atoms with van der Waals surface area (Å²) in [5, 5.41) is -0.238. The minimum atomic E-state index is -3.65. The molecular weight excluding hydrogens is 280 g/mol. The number of amides is 1. The summed E-state index contributed by atoms with van der Waals surface area (Å²) >= 11 is 0. The van der Waals surface area contributed by atoms with Crippen molar-refractivity contribution in [3.63, 3.8) is 0 Å². The third kappa shape index (κ3) is 3.21. The van der Waals surface area contributed by atoms with Gasteiger partial charge in [-0.3, -0.25) is 4.79 Å². The molecule has 0 unspecified atom stereocenters. The van der Waals surface area contributed by atoms with Gasteiger partial charge in [-0.1, -0.05) is 12.8 Å². The van der Waals surface area contributed by atoms with Gasteiger partial charge in [-0.25, -0.2) is 13.1 Å². The molecule has 0 aliphatic heterocycles. The average Bonchev–Trinajstić information content (AvgIpc) is 3.08. The summed E-state index contributed by atoms with van der Waals surface area (Å²) in [4.78, 5) is 13.8. The maximum atomic E-state index is 12.2. The van der Waals surface area contributed by atoms with E-state index >= 15 is 0 Å². The van der Waals surface area contributed by atoms with E-state index in [0.717, 1.165) is 12.8 Å². The van der Waals surface area contributed by atoms with E-state index in [4.69, 9.17) is 4.42 Å². The van der Waals surface area contributed by atoms with Gasteiger partial charge < -0.3 is 9.32 Å². The van der Waals surface area contributed by atoms with Gasteiger partial charge in [-0.2, -0.15) is 0 Å². The highest BCUT2D eigenvalue weighted by Gasteiger charge is 2.24. The standard InChI is InChI=1S/C13H20N2O4S/c1-14-20(17,18)12-8-7-11(19-12)13(16)15(2)9-10-5-3-4-6-10/h7-8,10,14H,3-6,9H2,1-2H3. The highest BCUT2D eigenvalue weighted by Crippen LogP contribution is 2.25. The second kappa shape index (κ2) is 5.97. The zero-order chi connectivity index (χ0) is 14.8. The van der Waals surface area contributed by atoms with Crippen molar-refractivity contribution in [3.8, 4) is 0 Å². The Bertz CT molecular complexity index is 573. The van der Waals surface area contributed by atoms with E-state index in [1.807, 2.05) is 0 Å². The van der Waals surface area contributed by atoms with Crippen LogP contribution in [0.25, 0.3) is 0 Å². The topological polar surface area (TPSA) is 79.6 Å². The maximum absolute atomic E-state index is 12.2. The van der Waals surface area contributed by atoms with Gasteiger partial charge in [0.15, 0.2) is 5.76 Å². The van der Waals surface area contributed by atoms with Crippen LogP contribution in [0.1, 0.15) is 36.2 Å². The van der Waals surface area contributed by atoms with Crippen LogP contribution in [0.15, 0.2) is 21.6 Å². The maximum Gasteiger partial charge on any atom is 0.289 e. The summed E-state index contributed by atoms with van der Waals surface area (Å²) in [5.41, 5.74) is 0. The number of hydrogen-bond acceptors (Lipinski definition) is 4. The first-order chi connectivity index (χ1) is 9.44. The number of carbonyl (C=O) groups is 1. The molecule has 1 amide bonds. The normalized spacial score (nSPS) is 16.5. The fourth-order valence-electron chi connectivity index (χ4n) is 2.53. The number of nitrogens with one attached hydrogen (secondary N) is 1. The van der Waals surface area contributed by atoms with E-state index in [1.54, 1.807) is 11.9 Å².